The summed E-state index contributed by atoms with van der Waals surface area (Å²) in [5.41, 5.74) is 1.33. The zero-order valence-corrected chi connectivity index (χ0v) is 24.2. The Morgan fingerprint density at radius 1 is 0.946 bits per heavy atom. The van der Waals surface area contributed by atoms with Crippen LogP contribution in [-0.4, -0.2) is 50.9 Å². The van der Waals surface area contributed by atoms with Gasteiger partial charge in [-0.3, -0.25) is 10.1 Å². The van der Waals surface area contributed by atoms with Crippen molar-refractivity contribution in [2.24, 2.45) is 0 Å². The SMILES string of the molecule is CC.COc1ccc(C2=CC(=O)C(Br)Oc3c2cc(OC)c(OC)c3OC)cc1NC(=O)OC(C)(C)C. The molecule has 3 rings (SSSR count). The van der Waals surface area contributed by atoms with E-state index < -0.39 is 16.7 Å². The van der Waals surface area contributed by atoms with Crippen molar-refractivity contribution in [2.75, 3.05) is 33.8 Å². The standard InChI is InChI=1S/C25H28BrNO8.C2H6/c1-25(2,3)35-24(29)27-16-10-13(8-9-18(16)30-4)14-11-17(28)23(26)34-20-15(14)12-19(31-5)21(32-6)22(20)33-7;1-2/h8-12,23H,1-7H3,(H,27,29);1-2H3. The van der Waals surface area contributed by atoms with Crippen LogP contribution in [0.25, 0.3) is 5.57 Å². The van der Waals surface area contributed by atoms with E-state index in [-0.39, 0.29) is 11.5 Å². The van der Waals surface area contributed by atoms with Gasteiger partial charge in [0.15, 0.2) is 11.5 Å². The molecular weight excluding hydrogens is 546 g/mol. The zero-order chi connectivity index (χ0) is 27.9. The molecule has 0 spiro atoms. The molecule has 0 radical (unpaired) electrons. The molecule has 1 aliphatic rings. The number of methoxy groups -OCH3 is 4. The Labute approximate surface area is 226 Å². The van der Waals surface area contributed by atoms with Crippen LogP contribution in [0.5, 0.6) is 28.7 Å². The van der Waals surface area contributed by atoms with Gasteiger partial charge in [0.25, 0.3) is 0 Å². The molecule has 1 amide bonds. The summed E-state index contributed by atoms with van der Waals surface area (Å²) in [5.74, 6) is 1.37. The number of ether oxygens (including phenoxy) is 6. The fraction of sp³-hybridized carbons (Fsp3) is 0.407. The first-order valence-electron chi connectivity index (χ1n) is 11.6. The Morgan fingerprint density at radius 3 is 2.11 bits per heavy atom. The summed E-state index contributed by atoms with van der Waals surface area (Å²) in [6, 6.07) is 6.83. The maximum absolute atomic E-state index is 12.9. The van der Waals surface area contributed by atoms with Crippen LogP contribution in [-0.2, 0) is 9.53 Å². The van der Waals surface area contributed by atoms with E-state index in [9.17, 15) is 9.59 Å². The van der Waals surface area contributed by atoms with Crippen LogP contribution in [0.3, 0.4) is 0 Å². The highest BCUT2D eigenvalue weighted by Crippen LogP contribution is 2.51. The highest BCUT2D eigenvalue weighted by atomic mass is 79.9. The maximum atomic E-state index is 12.9. The highest BCUT2D eigenvalue weighted by molar-refractivity contribution is 9.09. The third-order valence-corrected chi connectivity index (χ3v) is 5.59. The molecule has 202 valence electrons. The average Bonchev–Trinajstić information content (AvgIpc) is 2.98. The van der Waals surface area contributed by atoms with Gasteiger partial charge < -0.3 is 28.4 Å². The van der Waals surface area contributed by atoms with Crippen molar-refractivity contribution >= 4 is 39.1 Å². The second-order valence-corrected chi connectivity index (χ2v) is 9.29. The van der Waals surface area contributed by atoms with Crippen LogP contribution in [0.1, 0.15) is 45.7 Å². The summed E-state index contributed by atoms with van der Waals surface area (Å²) in [6.07, 6.45) is 0.812. The predicted molar refractivity (Wildman–Crippen MR) is 146 cm³/mol. The Kier molecular flexibility index (Phi) is 10.2. The fourth-order valence-corrected chi connectivity index (χ4v) is 3.84. The fourth-order valence-electron chi connectivity index (χ4n) is 3.52. The first-order chi connectivity index (χ1) is 17.5. The first-order valence-corrected chi connectivity index (χ1v) is 12.5. The lowest BCUT2D eigenvalue weighted by atomic mass is 9.95. The molecule has 1 unspecified atom stereocenters. The lowest BCUT2D eigenvalue weighted by Crippen LogP contribution is -2.27. The van der Waals surface area contributed by atoms with Gasteiger partial charge in [-0.15, -0.1) is 0 Å². The molecule has 0 saturated heterocycles. The molecule has 1 heterocycles. The van der Waals surface area contributed by atoms with Gasteiger partial charge in [0, 0.05) is 5.56 Å². The van der Waals surface area contributed by atoms with Crippen LogP contribution < -0.4 is 29.0 Å². The van der Waals surface area contributed by atoms with Gasteiger partial charge in [0.1, 0.15) is 11.4 Å². The molecule has 1 N–H and O–H groups in total. The van der Waals surface area contributed by atoms with Crippen molar-refractivity contribution in [3.8, 4) is 28.7 Å². The van der Waals surface area contributed by atoms with Gasteiger partial charge in [-0.25, -0.2) is 4.79 Å². The third-order valence-electron chi connectivity index (χ3n) is 4.95. The number of alkyl halides is 1. The number of carbonyl (C=O) groups excluding carboxylic acids is 2. The summed E-state index contributed by atoms with van der Waals surface area (Å²) in [5, 5.41) is 1.76. The second-order valence-electron chi connectivity index (χ2n) is 8.46. The molecule has 1 atom stereocenters. The van der Waals surface area contributed by atoms with Crippen molar-refractivity contribution in [1.82, 2.24) is 0 Å². The van der Waals surface area contributed by atoms with E-state index in [4.69, 9.17) is 28.4 Å². The number of rotatable bonds is 6. The van der Waals surface area contributed by atoms with Crippen molar-refractivity contribution in [3.05, 3.63) is 41.5 Å². The number of benzene rings is 2. The van der Waals surface area contributed by atoms with Gasteiger partial charge in [-0.05, 0) is 72.1 Å². The van der Waals surface area contributed by atoms with Gasteiger partial charge >= 0.3 is 6.09 Å². The molecule has 9 nitrogen and oxygen atoms in total. The van der Waals surface area contributed by atoms with Crippen LogP contribution in [0.4, 0.5) is 10.5 Å². The molecule has 0 aromatic heterocycles. The molecule has 2 aromatic carbocycles. The van der Waals surface area contributed by atoms with Crippen LogP contribution in [0.2, 0.25) is 0 Å². The monoisotopic (exact) mass is 579 g/mol. The topological polar surface area (TPSA) is 102 Å². The van der Waals surface area contributed by atoms with E-state index in [1.165, 1.54) is 34.5 Å². The summed E-state index contributed by atoms with van der Waals surface area (Å²) in [7, 11) is 5.94. The number of fused-ring (bicyclic) bond motifs is 1. The van der Waals surface area contributed by atoms with E-state index in [0.717, 1.165) is 0 Å². The number of hydrogen-bond acceptors (Lipinski definition) is 8. The van der Waals surface area contributed by atoms with Gasteiger partial charge in [-0.2, -0.15) is 0 Å². The smallest absolute Gasteiger partial charge is 0.412 e. The molecular formula is C27H34BrNO8. The van der Waals surface area contributed by atoms with Crippen LogP contribution in [0.15, 0.2) is 30.3 Å². The minimum absolute atomic E-state index is 0.271. The Bertz CT molecular complexity index is 1170. The third kappa shape index (κ3) is 6.88. The van der Waals surface area contributed by atoms with Gasteiger partial charge in [-0.1, -0.05) is 19.9 Å². The van der Waals surface area contributed by atoms with Crippen molar-refractivity contribution in [1.29, 1.82) is 0 Å². The second kappa shape index (κ2) is 12.7. The van der Waals surface area contributed by atoms with E-state index in [1.807, 2.05) is 13.8 Å². The minimum Gasteiger partial charge on any atom is -0.495 e. The number of hydrogen-bond donors (Lipinski definition) is 1. The minimum atomic E-state index is -0.955. The molecule has 37 heavy (non-hydrogen) atoms. The summed E-state index contributed by atoms with van der Waals surface area (Å²) in [6.45, 7) is 9.31. The average molecular weight is 580 g/mol. The highest BCUT2D eigenvalue weighted by Gasteiger charge is 2.31. The predicted octanol–water partition coefficient (Wildman–Crippen LogP) is 6.21. The number of anilines is 1. The van der Waals surface area contributed by atoms with E-state index in [1.54, 1.807) is 45.0 Å². The number of amides is 1. The normalized spacial score (nSPS) is 14.5. The molecule has 1 aliphatic heterocycles. The van der Waals surface area contributed by atoms with Crippen molar-refractivity contribution in [2.45, 2.75) is 45.2 Å². The summed E-state index contributed by atoms with van der Waals surface area (Å²) >= 11 is 3.28. The first kappa shape index (κ1) is 29.8. The quantitative estimate of drug-likeness (QED) is 0.403. The van der Waals surface area contributed by atoms with Crippen molar-refractivity contribution < 1.29 is 38.0 Å². The Morgan fingerprint density at radius 2 is 1.57 bits per heavy atom. The van der Waals surface area contributed by atoms with Gasteiger partial charge in [0.05, 0.1) is 34.1 Å². The number of halogens is 1. The lowest BCUT2D eigenvalue weighted by Gasteiger charge is -2.21. The molecule has 0 fully saturated rings. The van der Waals surface area contributed by atoms with E-state index >= 15 is 0 Å². The maximum Gasteiger partial charge on any atom is 0.412 e. The summed E-state index contributed by atoms with van der Waals surface area (Å²) < 4.78 is 33.3. The summed E-state index contributed by atoms with van der Waals surface area (Å²) in [4.78, 5) is 25.3. The molecule has 0 aliphatic carbocycles. The zero-order valence-electron chi connectivity index (χ0n) is 22.6. The van der Waals surface area contributed by atoms with Crippen LogP contribution in [0, 0.1) is 0 Å². The van der Waals surface area contributed by atoms with Crippen molar-refractivity contribution in [3.63, 3.8) is 0 Å². The number of carbonyl (C=O) groups is 2. The van der Waals surface area contributed by atoms with E-state index in [0.29, 0.717) is 45.4 Å². The van der Waals surface area contributed by atoms with Gasteiger partial charge in [0.2, 0.25) is 22.3 Å². The lowest BCUT2D eigenvalue weighted by molar-refractivity contribution is -0.117. The Hall–Kier alpha value is -3.40. The molecule has 0 bridgehead atoms. The molecule has 10 heteroatoms. The number of nitrogens with one attached hydrogen (secondary N) is 1. The Balaban J connectivity index is 0.00000235. The number of ketones is 1. The molecule has 2 aromatic rings. The van der Waals surface area contributed by atoms with E-state index in [2.05, 4.69) is 21.2 Å². The largest absolute Gasteiger partial charge is 0.495 e. The van der Waals surface area contributed by atoms with Crippen LogP contribution >= 0.6 is 15.9 Å². The molecule has 0 saturated carbocycles.